The highest BCUT2D eigenvalue weighted by molar-refractivity contribution is 6.22. The second kappa shape index (κ2) is 4.59. The Bertz CT molecular complexity index is 755. The quantitative estimate of drug-likeness (QED) is 0.654. The third-order valence-electron chi connectivity index (χ3n) is 3.35. The van der Waals surface area contributed by atoms with Crippen LogP contribution in [0.15, 0.2) is 36.4 Å². The Hall–Kier alpha value is -2.89. The van der Waals surface area contributed by atoms with Crippen LogP contribution in [0.2, 0.25) is 0 Å². The average Bonchev–Trinajstić information content (AvgIpc) is 2.70. The smallest absolute Gasteiger partial charge is 0.265 e. The zero-order valence-electron chi connectivity index (χ0n) is 10.7. The molecule has 2 amide bonds. The predicted octanol–water partition coefficient (Wildman–Crippen LogP) is 2.03. The molecule has 1 heterocycles. The molecule has 5 nitrogen and oxygen atoms in total. The van der Waals surface area contributed by atoms with Crippen molar-refractivity contribution in [3.63, 3.8) is 0 Å². The van der Waals surface area contributed by atoms with Gasteiger partial charge in [-0.05, 0) is 29.8 Å². The summed E-state index contributed by atoms with van der Waals surface area (Å²) in [5.74, 6) is -2.72. The van der Waals surface area contributed by atoms with Crippen LogP contribution in [-0.4, -0.2) is 26.9 Å². The van der Waals surface area contributed by atoms with E-state index < -0.39 is 29.1 Å². The summed E-state index contributed by atoms with van der Waals surface area (Å²) in [6.07, 6.45) is 0. The molecule has 1 aliphatic heterocycles. The molecule has 0 saturated heterocycles. The van der Waals surface area contributed by atoms with Crippen LogP contribution in [0.25, 0.3) is 0 Å². The largest absolute Gasteiger partial charge is 0.504 e. The van der Waals surface area contributed by atoms with Crippen LogP contribution in [0.3, 0.4) is 0 Å². The van der Waals surface area contributed by atoms with Crippen molar-refractivity contribution >= 4 is 11.8 Å². The number of halogens is 1. The summed E-state index contributed by atoms with van der Waals surface area (Å²) in [7, 11) is 0. The molecule has 0 unspecified atom stereocenters. The van der Waals surface area contributed by atoms with Crippen LogP contribution < -0.4 is 0 Å². The Labute approximate surface area is 118 Å². The second-order valence-corrected chi connectivity index (χ2v) is 4.68. The van der Waals surface area contributed by atoms with Gasteiger partial charge in [-0.25, -0.2) is 4.39 Å². The van der Waals surface area contributed by atoms with Crippen molar-refractivity contribution in [1.29, 1.82) is 0 Å². The summed E-state index contributed by atoms with van der Waals surface area (Å²) >= 11 is 0. The molecule has 0 spiro atoms. The molecule has 0 bridgehead atoms. The maximum atomic E-state index is 12.9. The Kier molecular flexibility index (Phi) is 2.86. The monoisotopic (exact) mass is 287 g/mol. The van der Waals surface area contributed by atoms with Gasteiger partial charge in [0.1, 0.15) is 5.82 Å². The maximum Gasteiger partial charge on any atom is 0.265 e. The maximum absolute atomic E-state index is 12.9. The van der Waals surface area contributed by atoms with Gasteiger partial charge in [0.15, 0.2) is 11.5 Å². The first-order valence-electron chi connectivity index (χ1n) is 6.14. The molecule has 2 N–H and O–H groups in total. The number of hydrogen-bond donors (Lipinski definition) is 2. The topological polar surface area (TPSA) is 77.8 Å². The normalized spacial score (nSPS) is 13.7. The van der Waals surface area contributed by atoms with Crippen LogP contribution in [0, 0.1) is 5.82 Å². The molecule has 3 rings (SSSR count). The van der Waals surface area contributed by atoms with Crippen molar-refractivity contribution in [3.05, 3.63) is 58.9 Å². The van der Waals surface area contributed by atoms with Gasteiger partial charge in [-0.1, -0.05) is 12.1 Å². The van der Waals surface area contributed by atoms with E-state index in [0.717, 1.165) is 11.0 Å². The molecule has 1 aliphatic rings. The molecular formula is C15H10FNO4. The number of carbonyl (C=O) groups is 2. The molecule has 6 heteroatoms. The molecule has 0 saturated carbocycles. The molecule has 2 aromatic rings. The minimum atomic E-state index is -0.687. The first kappa shape index (κ1) is 13.1. The summed E-state index contributed by atoms with van der Waals surface area (Å²) in [6, 6.07) is 7.84. The summed E-state index contributed by atoms with van der Waals surface area (Å²) < 4.78 is 12.9. The Morgan fingerprint density at radius 3 is 2.29 bits per heavy atom. The lowest BCUT2D eigenvalue weighted by atomic mass is 10.1. The molecule has 0 aromatic heterocycles. The zero-order valence-corrected chi connectivity index (χ0v) is 10.7. The number of nitrogens with zero attached hydrogens (tertiary/aromatic N) is 1. The van der Waals surface area contributed by atoms with Crippen LogP contribution in [0.4, 0.5) is 4.39 Å². The molecule has 0 fully saturated rings. The highest BCUT2D eigenvalue weighted by Crippen LogP contribution is 2.37. The van der Waals surface area contributed by atoms with Crippen molar-refractivity contribution in [2.45, 2.75) is 6.54 Å². The van der Waals surface area contributed by atoms with Crippen LogP contribution in [-0.2, 0) is 6.54 Å². The number of rotatable bonds is 2. The molecule has 0 atom stereocenters. The van der Waals surface area contributed by atoms with Crippen LogP contribution >= 0.6 is 0 Å². The summed E-state index contributed by atoms with van der Waals surface area (Å²) in [5.41, 5.74) is 0.411. The van der Waals surface area contributed by atoms with E-state index in [9.17, 15) is 24.2 Å². The van der Waals surface area contributed by atoms with Gasteiger partial charge >= 0.3 is 0 Å². The number of aromatic hydroxyl groups is 2. The van der Waals surface area contributed by atoms with Gasteiger partial charge in [-0.2, -0.15) is 0 Å². The van der Waals surface area contributed by atoms with E-state index in [1.165, 1.54) is 30.3 Å². The van der Waals surface area contributed by atoms with E-state index in [1.54, 1.807) is 0 Å². The number of amides is 2. The van der Waals surface area contributed by atoms with E-state index in [0.29, 0.717) is 5.56 Å². The van der Waals surface area contributed by atoms with Crippen LogP contribution in [0.1, 0.15) is 26.3 Å². The van der Waals surface area contributed by atoms with Crippen molar-refractivity contribution in [1.82, 2.24) is 4.90 Å². The van der Waals surface area contributed by atoms with Crippen molar-refractivity contribution in [3.8, 4) is 11.5 Å². The SMILES string of the molecule is O=C1c2ccc(O)c(O)c2C(=O)N1Cc1ccc(F)cc1. The minimum Gasteiger partial charge on any atom is -0.504 e. The Balaban J connectivity index is 1.96. The van der Waals surface area contributed by atoms with Gasteiger partial charge < -0.3 is 10.2 Å². The van der Waals surface area contributed by atoms with Gasteiger partial charge in [0.25, 0.3) is 11.8 Å². The average molecular weight is 287 g/mol. The molecule has 2 aromatic carbocycles. The highest BCUT2D eigenvalue weighted by Gasteiger charge is 2.38. The van der Waals surface area contributed by atoms with Crippen molar-refractivity contribution in [2.75, 3.05) is 0 Å². The number of benzene rings is 2. The lowest BCUT2D eigenvalue weighted by Gasteiger charge is -2.13. The lowest BCUT2D eigenvalue weighted by molar-refractivity contribution is 0.0641. The Morgan fingerprint density at radius 2 is 1.62 bits per heavy atom. The fourth-order valence-corrected chi connectivity index (χ4v) is 2.26. The number of phenolic OH excluding ortho intramolecular Hbond substituents is 2. The van der Waals surface area contributed by atoms with E-state index in [2.05, 4.69) is 0 Å². The van der Waals surface area contributed by atoms with E-state index in [4.69, 9.17) is 0 Å². The third kappa shape index (κ3) is 2.01. The second-order valence-electron chi connectivity index (χ2n) is 4.68. The first-order chi connectivity index (χ1) is 9.99. The summed E-state index contributed by atoms with van der Waals surface area (Å²) in [6.45, 7) is -0.0349. The van der Waals surface area contributed by atoms with Gasteiger partial charge in [0.2, 0.25) is 0 Å². The van der Waals surface area contributed by atoms with Crippen LogP contribution in [0.5, 0.6) is 11.5 Å². The molecular weight excluding hydrogens is 277 g/mol. The minimum absolute atomic E-state index is 0.0349. The standard InChI is InChI=1S/C15H10FNO4/c16-9-3-1-8(2-4-9)7-17-14(20)10-5-6-11(18)13(19)12(10)15(17)21/h1-6,18-19H,7H2. The fourth-order valence-electron chi connectivity index (χ4n) is 2.26. The van der Waals surface area contributed by atoms with E-state index in [1.807, 2.05) is 0 Å². The number of phenols is 2. The summed E-state index contributed by atoms with van der Waals surface area (Å²) in [5, 5.41) is 19.1. The number of carbonyl (C=O) groups excluding carboxylic acids is 2. The Morgan fingerprint density at radius 1 is 0.952 bits per heavy atom. The fraction of sp³-hybridized carbons (Fsp3) is 0.0667. The zero-order chi connectivity index (χ0) is 15.1. The van der Waals surface area contributed by atoms with E-state index >= 15 is 0 Å². The third-order valence-corrected chi connectivity index (χ3v) is 3.35. The predicted molar refractivity (Wildman–Crippen MR) is 70.4 cm³/mol. The molecule has 106 valence electrons. The van der Waals surface area contributed by atoms with Gasteiger partial charge in [0, 0.05) is 0 Å². The molecule has 0 aliphatic carbocycles. The molecule has 21 heavy (non-hydrogen) atoms. The molecule has 0 radical (unpaired) electrons. The van der Waals surface area contributed by atoms with Gasteiger partial charge in [0.05, 0.1) is 17.7 Å². The number of hydrogen-bond acceptors (Lipinski definition) is 4. The lowest BCUT2D eigenvalue weighted by Crippen LogP contribution is -2.29. The van der Waals surface area contributed by atoms with E-state index in [-0.39, 0.29) is 17.7 Å². The summed E-state index contributed by atoms with van der Waals surface area (Å²) in [4.78, 5) is 25.3. The van der Waals surface area contributed by atoms with Gasteiger partial charge in [-0.3, -0.25) is 14.5 Å². The highest BCUT2D eigenvalue weighted by atomic mass is 19.1. The first-order valence-corrected chi connectivity index (χ1v) is 6.14. The van der Waals surface area contributed by atoms with Crippen molar-refractivity contribution < 1.29 is 24.2 Å². The van der Waals surface area contributed by atoms with Crippen molar-refractivity contribution in [2.24, 2.45) is 0 Å². The number of imide groups is 1. The number of fused-ring (bicyclic) bond motifs is 1. The van der Waals surface area contributed by atoms with Gasteiger partial charge in [-0.15, -0.1) is 0 Å².